The second kappa shape index (κ2) is 6.58. The molecule has 2 nitrogen and oxygen atoms in total. The number of para-hydroxylation sites is 1. The van der Waals surface area contributed by atoms with E-state index in [4.69, 9.17) is 16.3 Å². The number of Topliss-reactive ketones (excluding diaryl/α,β-unsaturated/α-hetero) is 1. The minimum Gasteiger partial charge on any atom is -0.485 e. The van der Waals surface area contributed by atoms with Crippen LogP contribution >= 0.6 is 11.6 Å². The molecule has 2 rings (SSSR count). The van der Waals surface area contributed by atoms with Gasteiger partial charge in [-0.25, -0.2) is 0 Å². The molecule has 0 bridgehead atoms. The smallest absolute Gasteiger partial charge is 0.201 e. The summed E-state index contributed by atoms with van der Waals surface area (Å²) in [7, 11) is 0. The van der Waals surface area contributed by atoms with Crippen molar-refractivity contribution in [1.29, 1.82) is 0 Å². The number of hydrogen-bond donors (Lipinski definition) is 0. The van der Waals surface area contributed by atoms with Gasteiger partial charge in [-0.15, -0.1) is 0 Å². The molecule has 0 heterocycles. The molecule has 0 radical (unpaired) electrons. The SMILES string of the molecule is CC(C)c1ccc(C(=O)COc2ccccc2)c(Cl)c1. The van der Waals surface area contributed by atoms with Gasteiger partial charge in [-0.05, 0) is 35.7 Å². The number of hydrogen-bond acceptors (Lipinski definition) is 2. The Bertz CT molecular complexity index is 591. The number of carbonyl (C=O) groups is 1. The zero-order chi connectivity index (χ0) is 14.5. The molecule has 0 atom stereocenters. The first-order valence-corrected chi connectivity index (χ1v) is 6.96. The third kappa shape index (κ3) is 3.61. The number of carbonyl (C=O) groups excluding carboxylic acids is 1. The summed E-state index contributed by atoms with van der Waals surface area (Å²) in [6.45, 7) is 4.17. The third-order valence-electron chi connectivity index (χ3n) is 3.07. The predicted molar refractivity (Wildman–Crippen MR) is 81.8 cm³/mol. The van der Waals surface area contributed by atoms with E-state index in [1.807, 2.05) is 42.5 Å². The molecule has 0 saturated heterocycles. The summed E-state index contributed by atoms with van der Waals surface area (Å²) in [5.41, 5.74) is 1.63. The Balaban J connectivity index is 2.06. The van der Waals surface area contributed by atoms with E-state index in [9.17, 15) is 4.79 Å². The van der Waals surface area contributed by atoms with Crippen molar-refractivity contribution in [1.82, 2.24) is 0 Å². The standard InChI is InChI=1S/C17H17ClO2/c1-12(2)13-8-9-15(16(18)10-13)17(19)11-20-14-6-4-3-5-7-14/h3-10,12H,11H2,1-2H3. The van der Waals surface area contributed by atoms with Crippen LogP contribution in [0.2, 0.25) is 5.02 Å². The Kier molecular flexibility index (Phi) is 4.80. The van der Waals surface area contributed by atoms with E-state index < -0.39 is 0 Å². The van der Waals surface area contributed by atoms with E-state index in [1.54, 1.807) is 6.07 Å². The third-order valence-corrected chi connectivity index (χ3v) is 3.39. The molecule has 0 spiro atoms. The first-order chi connectivity index (χ1) is 9.58. The normalized spacial score (nSPS) is 10.6. The fourth-order valence-corrected chi connectivity index (χ4v) is 2.15. The largest absolute Gasteiger partial charge is 0.485 e. The number of ether oxygens (including phenoxy) is 1. The molecule has 2 aromatic carbocycles. The average Bonchev–Trinajstić information content (AvgIpc) is 2.45. The van der Waals surface area contributed by atoms with Gasteiger partial charge in [0.15, 0.2) is 6.61 Å². The fraction of sp³-hybridized carbons (Fsp3) is 0.235. The lowest BCUT2D eigenvalue weighted by Crippen LogP contribution is -2.12. The molecule has 0 fully saturated rings. The van der Waals surface area contributed by atoms with Gasteiger partial charge in [0, 0.05) is 5.56 Å². The zero-order valence-corrected chi connectivity index (χ0v) is 12.4. The van der Waals surface area contributed by atoms with Gasteiger partial charge in [0.1, 0.15) is 5.75 Å². The summed E-state index contributed by atoms with van der Waals surface area (Å²) in [5, 5.41) is 0.484. The maximum absolute atomic E-state index is 12.1. The van der Waals surface area contributed by atoms with Gasteiger partial charge in [0.05, 0.1) is 5.02 Å². The summed E-state index contributed by atoms with van der Waals surface area (Å²) in [6, 6.07) is 14.8. The van der Waals surface area contributed by atoms with Crippen molar-refractivity contribution in [2.45, 2.75) is 19.8 Å². The van der Waals surface area contributed by atoms with Gasteiger partial charge < -0.3 is 4.74 Å². The Hall–Kier alpha value is -1.80. The topological polar surface area (TPSA) is 26.3 Å². The highest BCUT2D eigenvalue weighted by Crippen LogP contribution is 2.23. The van der Waals surface area contributed by atoms with Crippen LogP contribution in [0, 0.1) is 0 Å². The van der Waals surface area contributed by atoms with Crippen LogP contribution in [-0.2, 0) is 0 Å². The van der Waals surface area contributed by atoms with Crippen molar-refractivity contribution in [3.63, 3.8) is 0 Å². The van der Waals surface area contributed by atoms with Crippen LogP contribution < -0.4 is 4.74 Å². The van der Waals surface area contributed by atoms with E-state index in [0.717, 1.165) is 5.56 Å². The van der Waals surface area contributed by atoms with Crippen molar-refractivity contribution >= 4 is 17.4 Å². The minimum absolute atomic E-state index is 0.00917. The molecule has 104 valence electrons. The van der Waals surface area contributed by atoms with Gasteiger partial charge in [-0.1, -0.05) is 49.7 Å². The van der Waals surface area contributed by atoms with Crippen LogP contribution in [0.5, 0.6) is 5.75 Å². The fourth-order valence-electron chi connectivity index (χ4n) is 1.86. The highest BCUT2D eigenvalue weighted by atomic mass is 35.5. The monoisotopic (exact) mass is 288 g/mol. The molecule has 20 heavy (non-hydrogen) atoms. The van der Waals surface area contributed by atoms with E-state index in [0.29, 0.717) is 22.3 Å². The number of benzene rings is 2. The zero-order valence-electron chi connectivity index (χ0n) is 11.6. The molecular formula is C17H17ClO2. The maximum Gasteiger partial charge on any atom is 0.201 e. The molecule has 0 amide bonds. The summed E-state index contributed by atoms with van der Waals surface area (Å²) < 4.78 is 5.45. The highest BCUT2D eigenvalue weighted by molar-refractivity contribution is 6.34. The molecular weight excluding hydrogens is 272 g/mol. The molecule has 0 aliphatic rings. The second-order valence-electron chi connectivity index (χ2n) is 4.92. The summed E-state index contributed by atoms with van der Waals surface area (Å²) in [6.07, 6.45) is 0. The molecule has 0 saturated carbocycles. The van der Waals surface area contributed by atoms with Crippen molar-refractivity contribution < 1.29 is 9.53 Å². The molecule has 0 aliphatic heterocycles. The van der Waals surface area contributed by atoms with Gasteiger partial charge in [0.25, 0.3) is 0 Å². The minimum atomic E-state index is -0.117. The molecule has 2 aromatic rings. The van der Waals surface area contributed by atoms with Crippen LogP contribution in [-0.4, -0.2) is 12.4 Å². The van der Waals surface area contributed by atoms with Crippen LogP contribution in [0.25, 0.3) is 0 Å². The Labute approximate surface area is 124 Å². The van der Waals surface area contributed by atoms with Gasteiger partial charge in [0.2, 0.25) is 5.78 Å². The lowest BCUT2D eigenvalue weighted by molar-refractivity contribution is 0.0921. The van der Waals surface area contributed by atoms with Crippen LogP contribution in [0.15, 0.2) is 48.5 Å². The maximum atomic E-state index is 12.1. The molecule has 0 N–H and O–H groups in total. The number of ketones is 1. The first kappa shape index (κ1) is 14.6. The molecule has 3 heteroatoms. The summed E-state index contributed by atoms with van der Waals surface area (Å²) >= 11 is 6.17. The van der Waals surface area contributed by atoms with Gasteiger partial charge in [-0.3, -0.25) is 4.79 Å². The van der Waals surface area contributed by atoms with Crippen molar-refractivity contribution in [2.24, 2.45) is 0 Å². The lowest BCUT2D eigenvalue weighted by Gasteiger charge is -2.10. The Morgan fingerprint density at radius 3 is 2.45 bits per heavy atom. The molecule has 0 unspecified atom stereocenters. The predicted octanol–water partition coefficient (Wildman–Crippen LogP) is 4.73. The van der Waals surface area contributed by atoms with Crippen LogP contribution in [0.3, 0.4) is 0 Å². The molecule has 0 aromatic heterocycles. The van der Waals surface area contributed by atoms with Gasteiger partial charge in [-0.2, -0.15) is 0 Å². The Morgan fingerprint density at radius 1 is 1.15 bits per heavy atom. The van der Waals surface area contributed by atoms with E-state index >= 15 is 0 Å². The second-order valence-corrected chi connectivity index (χ2v) is 5.33. The lowest BCUT2D eigenvalue weighted by atomic mass is 10.0. The Morgan fingerprint density at radius 2 is 1.85 bits per heavy atom. The summed E-state index contributed by atoms with van der Waals surface area (Å²) in [5.74, 6) is 0.946. The molecule has 0 aliphatic carbocycles. The van der Waals surface area contributed by atoms with E-state index in [2.05, 4.69) is 13.8 Å². The number of rotatable bonds is 5. The van der Waals surface area contributed by atoms with Crippen molar-refractivity contribution in [3.05, 3.63) is 64.7 Å². The number of halogens is 1. The van der Waals surface area contributed by atoms with Crippen molar-refractivity contribution in [3.8, 4) is 5.75 Å². The highest BCUT2D eigenvalue weighted by Gasteiger charge is 2.12. The average molecular weight is 289 g/mol. The van der Waals surface area contributed by atoms with Crippen LogP contribution in [0.1, 0.15) is 35.7 Å². The first-order valence-electron chi connectivity index (χ1n) is 6.58. The van der Waals surface area contributed by atoms with Crippen molar-refractivity contribution in [2.75, 3.05) is 6.61 Å². The van der Waals surface area contributed by atoms with Gasteiger partial charge >= 0.3 is 0 Å². The van der Waals surface area contributed by atoms with E-state index in [1.165, 1.54) is 0 Å². The quantitative estimate of drug-likeness (QED) is 0.744. The van der Waals surface area contributed by atoms with E-state index in [-0.39, 0.29) is 12.4 Å². The summed E-state index contributed by atoms with van der Waals surface area (Å²) in [4.78, 5) is 12.1. The van der Waals surface area contributed by atoms with Crippen LogP contribution in [0.4, 0.5) is 0 Å².